The monoisotopic (exact) mass is 348 g/mol. The summed E-state index contributed by atoms with van der Waals surface area (Å²) in [5, 5.41) is 6.15. The smallest absolute Gasteiger partial charge is 0.256 e. The van der Waals surface area contributed by atoms with Gasteiger partial charge in [-0.05, 0) is 41.5 Å². The Kier molecular flexibility index (Phi) is 2.77. The molecule has 0 amide bonds. The zero-order chi connectivity index (χ0) is 18.1. The molecule has 6 rings (SSSR count). The average molecular weight is 348 g/mol. The highest BCUT2D eigenvalue weighted by Gasteiger charge is 2.31. The lowest BCUT2D eigenvalue weighted by Crippen LogP contribution is -2.33. The van der Waals surface area contributed by atoms with Crippen LogP contribution in [0, 0.1) is 6.92 Å². The van der Waals surface area contributed by atoms with Crippen molar-refractivity contribution < 1.29 is 9.30 Å². The number of benzene rings is 4. The minimum atomic E-state index is 0.926. The highest BCUT2D eigenvalue weighted by molar-refractivity contribution is 6.07. The lowest BCUT2D eigenvalue weighted by molar-refractivity contribution is -0.633. The van der Waals surface area contributed by atoms with Gasteiger partial charge in [-0.15, -0.1) is 0 Å². The molecule has 128 valence electrons. The van der Waals surface area contributed by atoms with Crippen molar-refractivity contribution >= 4 is 32.4 Å². The molecule has 0 atom stereocenters. The number of pyridine rings is 1. The van der Waals surface area contributed by atoms with Gasteiger partial charge in [0.1, 0.15) is 12.8 Å². The summed E-state index contributed by atoms with van der Waals surface area (Å²) >= 11 is 0. The summed E-state index contributed by atoms with van der Waals surface area (Å²) in [6.45, 7) is 2.19. The third-order valence-corrected chi connectivity index (χ3v) is 5.80. The van der Waals surface area contributed by atoms with Crippen LogP contribution in [-0.2, 0) is 7.05 Å². The second-order valence-electron chi connectivity index (χ2n) is 7.35. The summed E-state index contributed by atoms with van der Waals surface area (Å²) in [6.07, 6.45) is 0. The first kappa shape index (κ1) is 14.7. The number of nitrogens with zero attached hydrogens (tertiary/aromatic N) is 1. The zero-order valence-electron chi connectivity index (χ0n) is 15.3. The molecule has 4 aromatic carbocycles. The number of rotatable bonds is 0. The zero-order valence-corrected chi connectivity index (χ0v) is 15.3. The van der Waals surface area contributed by atoms with E-state index >= 15 is 0 Å². The van der Waals surface area contributed by atoms with Crippen LogP contribution in [0.4, 0.5) is 0 Å². The third kappa shape index (κ3) is 1.87. The van der Waals surface area contributed by atoms with Gasteiger partial charge in [-0.2, -0.15) is 4.57 Å². The van der Waals surface area contributed by atoms with Gasteiger partial charge in [-0.1, -0.05) is 48.5 Å². The van der Waals surface area contributed by atoms with E-state index in [2.05, 4.69) is 91.3 Å². The van der Waals surface area contributed by atoms with Crippen molar-refractivity contribution in [2.45, 2.75) is 6.92 Å². The van der Waals surface area contributed by atoms with Crippen LogP contribution in [0.1, 0.15) is 5.56 Å². The van der Waals surface area contributed by atoms with E-state index in [1.807, 2.05) is 0 Å². The number of hydrogen-bond donors (Lipinski definition) is 0. The number of fused-ring (bicyclic) bond motifs is 5. The Morgan fingerprint density at radius 3 is 2.44 bits per heavy atom. The second kappa shape index (κ2) is 5.08. The molecule has 2 heteroatoms. The molecule has 1 aliphatic heterocycles. The van der Waals surface area contributed by atoms with Gasteiger partial charge >= 0.3 is 0 Å². The quantitative estimate of drug-likeness (QED) is 0.240. The van der Waals surface area contributed by atoms with Crippen molar-refractivity contribution in [1.29, 1.82) is 0 Å². The number of ether oxygens (including phenoxy) is 1. The normalized spacial score (nSPS) is 12.4. The van der Waals surface area contributed by atoms with Crippen LogP contribution in [0.3, 0.4) is 0 Å². The summed E-state index contributed by atoms with van der Waals surface area (Å²) in [5.41, 5.74) is 4.95. The Balaban J connectivity index is 1.85. The van der Waals surface area contributed by atoms with Gasteiger partial charge in [0.15, 0.2) is 5.75 Å². The Hall–Kier alpha value is -3.39. The second-order valence-corrected chi connectivity index (χ2v) is 7.35. The molecular weight excluding hydrogens is 330 g/mol. The highest BCUT2D eigenvalue weighted by Crippen LogP contribution is 2.47. The van der Waals surface area contributed by atoms with Gasteiger partial charge < -0.3 is 4.74 Å². The Morgan fingerprint density at radius 2 is 1.52 bits per heavy atom. The van der Waals surface area contributed by atoms with E-state index < -0.39 is 0 Å². The summed E-state index contributed by atoms with van der Waals surface area (Å²) in [4.78, 5) is 0. The number of hydrogen-bond acceptors (Lipinski definition) is 1. The first-order valence-electron chi connectivity index (χ1n) is 9.27. The van der Waals surface area contributed by atoms with Crippen molar-refractivity contribution in [3.8, 4) is 22.8 Å². The van der Waals surface area contributed by atoms with Crippen LogP contribution < -0.4 is 9.30 Å². The van der Waals surface area contributed by atoms with E-state index in [4.69, 9.17) is 4.74 Å². The van der Waals surface area contributed by atoms with E-state index in [1.165, 1.54) is 43.6 Å². The standard InChI is InChI=1S/C25H18NO/c1-15-10-11-17-7-5-9-20-23(17)22(15)25-21(27-20)14-18-13-12-16-6-3-4-8-19(16)24(18)26(25)2/h3-14H,1-2H3/q+1. The van der Waals surface area contributed by atoms with Crippen LogP contribution in [0.5, 0.6) is 11.5 Å². The molecule has 0 N–H and O–H groups in total. The summed E-state index contributed by atoms with van der Waals surface area (Å²) < 4.78 is 8.69. The predicted octanol–water partition coefficient (Wildman–Crippen LogP) is 6.05. The molecule has 0 radical (unpaired) electrons. The maximum absolute atomic E-state index is 6.38. The first-order chi connectivity index (χ1) is 13.2. The van der Waals surface area contributed by atoms with Crippen molar-refractivity contribution in [2.75, 3.05) is 0 Å². The number of aryl methyl sites for hydroxylation is 2. The van der Waals surface area contributed by atoms with Gasteiger partial charge in [0.05, 0.1) is 16.3 Å². The van der Waals surface area contributed by atoms with Crippen LogP contribution >= 0.6 is 0 Å². The van der Waals surface area contributed by atoms with E-state index in [0.717, 1.165) is 17.2 Å². The Morgan fingerprint density at radius 1 is 0.741 bits per heavy atom. The summed E-state index contributed by atoms with van der Waals surface area (Å²) in [7, 11) is 2.16. The lowest BCUT2D eigenvalue weighted by Gasteiger charge is -2.21. The molecule has 5 aromatic rings. The Bertz CT molecular complexity index is 1420. The third-order valence-electron chi connectivity index (χ3n) is 5.80. The van der Waals surface area contributed by atoms with Crippen molar-refractivity contribution in [2.24, 2.45) is 7.05 Å². The van der Waals surface area contributed by atoms with Crippen molar-refractivity contribution in [1.82, 2.24) is 0 Å². The molecule has 0 unspecified atom stereocenters. The summed E-state index contributed by atoms with van der Waals surface area (Å²) in [6, 6.07) is 25.8. The predicted molar refractivity (Wildman–Crippen MR) is 110 cm³/mol. The molecule has 0 saturated heterocycles. The molecule has 0 aliphatic carbocycles. The van der Waals surface area contributed by atoms with Gasteiger partial charge in [-0.3, -0.25) is 0 Å². The molecule has 0 saturated carbocycles. The highest BCUT2D eigenvalue weighted by atomic mass is 16.5. The van der Waals surface area contributed by atoms with E-state index in [9.17, 15) is 0 Å². The van der Waals surface area contributed by atoms with Crippen molar-refractivity contribution in [3.63, 3.8) is 0 Å². The molecule has 2 nitrogen and oxygen atoms in total. The van der Waals surface area contributed by atoms with Crippen LogP contribution in [0.25, 0.3) is 43.7 Å². The first-order valence-corrected chi connectivity index (χ1v) is 9.27. The molecular formula is C25H18NO+. The molecule has 0 bridgehead atoms. The van der Waals surface area contributed by atoms with Crippen molar-refractivity contribution in [3.05, 3.63) is 78.4 Å². The van der Waals surface area contributed by atoms with Crippen LogP contribution in [-0.4, -0.2) is 0 Å². The van der Waals surface area contributed by atoms with Gasteiger partial charge in [0, 0.05) is 11.5 Å². The SMILES string of the molecule is Cc1ccc2cccc3c2c1-c1c(cc2ccc4ccccc4c2[n+]1C)O3. The maximum atomic E-state index is 6.38. The summed E-state index contributed by atoms with van der Waals surface area (Å²) in [5.74, 6) is 1.87. The largest absolute Gasteiger partial charge is 0.450 e. The molecule has 27 heavy (non-hydrogen) atoms. The fourth-order valence-electron chi connectivity index (χ4n) is 4.58. The minimum Gasteiger partial charge on any atom is -0.450 e. The maximum Gasteiger partial charge on any atom is 0.256 e. The molecule has 2 heterocycles. The topological polar surface area (TPSA) is 13.1 Å². The van der Waals surface area contributed by atoms with E-state index in [0.29, 0.717) is 0 Å². The average Bonchev–Trinajstić information content (AvgIpc) is 2.69. The van der Waals surface area contributed by atoms with Gasteiger partial charge in [0.2, 0.25) is 5.52 Å². The van der Waals surface area contributed by atoms with Gasteiger partial charge in [-0.25, -0.2) is 0 Å². The molecule has 0 fully saturated rings. The fraction of sp³-hybridized carbons (Fsp3) is 0.0800. The van der Waals surface area contributed by atoms with Crippen LogP contribution in [0.2, 0.25) is 0 Å². The lowest BCUT2D eigenvalue weighted by atomic mass is 9.93. The minimum absolute atomic E-state index is 0.926. The van der Waals surface area contributed by atoms with E-state index in [1.54, 1.807) is 0 Å². The number of aromatic nitrogens is 1. The van der Waals surface area contributed by atoms with Gasteiger partial charge in [0.25, 0.3) is 5.69 Å². The van der Waals surface area contributed by atoms with Crippen LogP contribution in [0.15, 0.2) is 72.8 Å². The Labute approximate surface area is 157 Å². The van der Waals surface area contributed by atoms with E-state index in [-0.39, 0.29) is 0 Å². The molecule has 0 spiro atoms. The molecule has 1 aromatic heterocycles. The molecule has 1 aliphatic rings. The fourth-order valence-corrected chi connectivity index (χ4v) is 4.58.